The second-order valence-corrected chi connectivity index (χ2v) is 14.7. The van der Waals surface area contributed by atoms with Crippen molar-refractivity contribution in [3.8, 4) is 0 Å². The summed E-state index contributed by atoms with van der Waals surface area (Å²) in [5.41, 5.74) is 1.20. The molecule has 0 aromatic heterocycles. The van der Waals surface area contributed by atoms with E-state index in [1.54, 1.807) is 0 Å². The SMILES string of the molecule is Cc1[c-]cccc1.[Br][Pd+].c1ccc(P(c2ccccc2)c2ccccc2)cc1.c1ccc(P(c2ccccc2)c2ccccc2)cc1. The van der Waals surface area contributed by atoms with E-state index in [-0.39, 0.29) is 0 Å². The van der Waals surface area contributed by atoms with E-state index in [1.807, 2.05) is 31.2 Å². The van der Waals surface area contributed by atoms with Crippen molar-refractivity contribution >= 4 is 61.1 Å². The first-order valence-corrected chi connectivity index (χ1v) is 21.5. The Morgan fingerprint density at radius 2 is 0.553 bits per heavy atom. The molecule has 0 amide bonds. The fourth-order valence-corrected chi connectivity index (χ4v) is 9.45. The fourth-order valence-electron chi connectivity index (χ4n) is 4.84. The van der Waals surface area contributed by atoms with Gasteiger partial charge in [0.25, 0.3) is 0 Å². The third-order valence-electron chi connectivity index (χ3n) is 6.95. The maximum Gasteiger partial charge on any atom is -0.0134 e. The minimum Gasteiger partial charge on any atom is -0.0622 e. The molecule has 0 unspecified atom stereocenters. The van der Waals surface area contributed by atoms with Crippen LogP contribution in [0, 0.1) is 13.0 Å². The number of benzene rings is 7. The molecule has 0 saturated carbocycles. The molecule has 236 valence electrons. The van der Waals surface area contributed by atoms with Crippen LogP contribution in [-0.2, 0) is 17.2 Å². The first-order valence-electron chi connectivity index (χ1n) is 15.3. The first kappa shape index (κ1) is 36.4. The molecule has 0 heterocycles. The van der Waals surface area contributed by atoms with Crippen molar-refractivity contribution in [2.24, 2.45) is 0 Å². The van der Waals surface area contributed by atoms with Gasteiger partial charge in [-0.25, -0.2) is 0 Å². The Morgan fingerprint density at radius 3 is 0.702 bits per heavy atom. The van der Waals surface area contributed by atoms with Gasteiger partial charge in [-0.15, -0.1) is 0 Å². The summed E-state index contributed by atoms with van der Waals surface area (Å²) < 4.78 is 0. The smallest absolute Gasteiger partial charge is 0.0134 e. The Hall–Kier alpha value is -3.46. The molecule has 7 rings (SSSR count). The second-order valence-electron chi connectivity index (χ2n) is 10.2. The van der Waals surface area contributed by atoms with Crippen LogP contribution in [-0.4, -0.2) is 0 Å². The van der Waals surface area contributed by atoms with Gasteiger partial charge in [0.15, 0.2) is 0 Å². The Bertz CT molecular complexity index is 1470. The maximum absolute atomic E-state index is 3.03. The summed E-state index contributed by atoms with van der Waals surface area (Å²) in [6.07, 6.45) is 0. The van der Waals surface area contributed by atoms with Gasteiger partial charge in [-0.05, 0) is 47.7 Å². The Morgan fingerprint density at radius 1 is 0.340 bits per heavy atom. The summed E-state index contributed by atoms with van der Waals surface area (Å²) in [7, 11) is -0.892. The fraction of sp³-hybridized carbons (Fsp3) is 0.0233. The van der Waals surface area contributed by atoms with E-state index >= 15 is 0 Å². The molecule has 0 saturated heterocycles. The zero-order chi connectivity index (χ0) is 32.9. The largest absolute Gasteiger partial charge is 0.0622 e. The zero-order valence-electron chi connectivity index (χ0n) is 26.2. The molecule has 7 aromatic carbocycles. The summed E-state index contributed by atoms with van der Waals surface area (Å²) in [6.45, 7) is 2.03. The predicted octanol–water partition coefficient (Wildman–Crippen LogP) is 9.53. The van der Waals surface area contributed by atoms with Crippen LogP contribution in [0.2, 0.25) is 0 Å². The van der Waals surface area contributed by atoms with E-state index in [4.69, 9.17) is 0 Å². The number of aryl methyl sites for hydroxylation is 1. The van der Waals surface area contributed by atoms with Gasteiger partial charge in [-0.1, -0.05) is 189 Å². The molecule has 0 atom stereocenters. The molecule has 0 N–H and O–H groups in total. The average molecular weight is 802 g/mol. The van der Waals surface area contributed by atoms with Crippen LogP contribution in [0.15, 0.2) is 206 Å². The van der Waals surface area contributed by atoms with E-state index in [2.05, 4.69) is 219 Å². The molecule has 0 aliphatic carbocycles. The van der Waals surface area contributed by atoms with Crippen LogP contribution in [0.4, 0.5) is 0 Å². The Labute approximate surface area is 301 Å². The molecule has 0 aliphatic heterocycles. The van der Waals surface area contributed by atoms with Crippen LogP contribution in [0.25, 0.3) is 0 Å². The molecule has 0 spiro atoms. The third kappa shape index (κ3) is 11.9. The standard InChI is InChI=1S/2C18H15P.C7H7.BrH.Pd/c2*1-4-10-16(11-5-1)19(17-12-6-2-7-13-17)18-14-8-3-9-15-18;1-7-5-3-2-4-6-7;;/h2*1-15H;2-5H,1H3;1H;/q;;-1;;+2/p-1. The normalized spacial score (nSPS) is 10.0. The molecule has 0 nitrogen and oxygen atoms in total. The number of rotatable bonds is 6. The van der Waals surface area contributed by atoms with Gasteiger partial charge in [0.2, 0.25) is 0 Å². The van der Waals surface area contributed by atoms with Crippen LogP contribution >= 0.6 is 29.3 Å². The van der Waals surface area contributed by atoms with E-state index in [1.165, 1.54) is 37.4 Å². The molecule has 0 fully saturated rings. The van der Waals surface area contributed by atoms with Crippen molar-refractivity contribution in [2.45, 2.75) is 6.92 Å². The van der Waals surface area contributed by atoms with E-state index in [9.17, 15) is 0 Å². The van der Waals surface area contributed by atoms with Gasteiger partial charge in [0.1, 0.15) is 0 Å². The van der Waals surface area contributed by atoms with Gasteiger partial charge in [-0.2, -0.15) is 35.9 Å². The van der Waals surface area contributed by atoms with Crippen molar-refractivity contribution < 1.29 is 17.2 Å². The average Bonchev–Trinajstić information content (AvgIpc) is 3.16. The van der Waals surface area contributed by atoms with Gasteiger partial charge >= 0.3 is 30.6 Å². The molecule has 0 aliphatic rings. The van der Waals surface area contributed by atoms with Crippen molar-refractivity contribution in [1.29, 1.82) is 0 Å². The second kappa shape index (κ2) is 21.4. The van der Waals surface area contributed by atoms with Crippen LogP contribution < -0.4 is 31.8 Å². The molecule has 47 heavy (non-hydrogen) atoms. The summed E-state index contributed by atoms with van der Waals surface area (Å²) in [5, 5.41) is 8.39. The molecule has 4 heteroatoms. The van der Waals surface area contributed by atoms with Gasteiger partial charge in [0.05, 0.1) is 0 Å². The maximum atomic E-state index is 3.03. The van der Waals surface area contributed by atoms with Crippen LogP contribution in [0.5, 0.6) is 0 Å². The molecule has 0 bridgehead atoms. The Kier molecular flexibility index (Phi) is 16.6. The van der Waals surface area contributed by atoms with E-state index < -0.39 is 15.8 Å². The summed E-state index contributed by atoms with van der Waals surface area (Å²) >= 11 is 5.35. The number of halogens is 1. The quantitative estimate of drug-likeness (QED) is 0.0894. The summed E-state index contributed by atoms with van der Waals surface area (Å²) in [6, 6.07) is 75.6. The molecular formula is C43H37BrP2Pd. The van der Waals surface area contributed by atoms with Crippen molar-refractivity contribution in [3.05, 3.63) is 218 Å². The number of hydrogen-bond donors (Lipinski definition) is 0. The predicted molar refractivity (Wildman–Crippen MR) is 209 cm³/mol. The van der Waals surface area contributed by atoms with Crippen LogP contribution in [0.3, 0.4) is 0 Å². The topological polar surface area (TPSA) is 0 Å². The Balaban J connectivity index is 0.000000170. The van der Waals surface area contributed by atoms with Crippen molar-refractivity contribution in [2.75, 3.05) is 0 Å². The third-order valence-corrected chi connectivity index (χ3v) is 11.8. The summed E-state index contributed by atoms with van der Waals surface area (Å²) in [5.74, 6) is 0. The monoisotopic (exact) mass is 800 g/mol. The minimum atomic E-state index is -0.446. The van der Waals surface area contributed by atoms with Crippen LogP contribution in [0.1, 0.15) is 5.56 Å². The van der Waals surface area contributed by atoms with Gasteiger partial charge in [0, 0.05) is 0 Å². The van der Waals surface area contributed by atoms with Gasteiger partial charge in [-0.3, -0.25) is 0 Å². The number of hydrogen-bond acceptors (Lipinski definition) is 0. The molecule has 0 radical (unpaired) electrons. The van der Waals surface area contributed by atoms with Crippen molar-refractivity contribution in [1.82, 2.24) is 0 Å². The van der Waals surface area contributed by atoms with E-state index in [0.717, 1.165) is 0 Å². The van der Waals surface area contributed by atoms with E-state index in [0.29, 0.717) is 0 Å². The van der Waals surface area contributed by atoms with Crippen molar-refractivity contribution in [3.63, 3.8) is 0 Å². The minimum absolute atomic E-state index is 0.446. The first-order chi connectivity index (χ1) is 23.3. The summed E-state index contributed by atoms with van der Waals surface area (Å²) in [4.78, 5) is 0. The molecular weight excluding hydrogens is 765 g/mol. The zero-order valence-corrected chi connectivity index (χ0v) is 31.1. The molecule has 7 aromatic rings. The van der Waals surface area contributed by atoms with Gasteiger partial charge < -0.3 is 0 Å².